The molecule has 0 radical (unpaired) electrons. The summed E-state index contributed by atoms with van der Waals surface area (Å²) in [5, 5.41) is 11.2. The van der Waals surface area contributed by atoms with Crippen LogP contribution in [0.3, 0.4) is 0 Å². The third kappa shape index (κ3) is 6.09. The number of carbonyl (C=O) groups excluding carboxylic acids is 3. The molecule has 1 aliphatic carbocycles. The van der Waals surface area contributed by atoms with E-state index in [2.05, 4.69) is 0 Å². The molecule has 0 aliphatic heterocycles. The smallest absolute Gasteiger partial charge is 0.317 e. The number of ether oxygens (including phenoxy) is 2. The zero-order valence-corrected chi connectivity index (χ0v) is 20.3. The Hall–Kier alpha value is -2.41. The number of hydrogen-bond donors (Lipinski definition) is 1. The highest BCUT2D eigenvalue weighted by Crippen LogP contribution is 2.47. The monoisotopic (exact) mass is 447 g/mol. The lowest BCUT2D eigenvalue weighted by atomic mass is 9.61. The van der Waals surface area contributed by atoms with Crippen LogP contribution < -0.4 is 4.90 Å². The predicted molar refractivity (Wildman–Crippen MR) is 122 cm³/mol. The first kappa shape index (κ1) is 25.8. The summed E-state index contributed by atoms with van der Waals surface area (Å²) in [6.07, 6.45) is -0.317. The highest BCUT2D eigenvalue weighted by molar-refractivity contribution is 6.02. The van der Waals surface area contributed by atoms with Gasteiger partial charge in [0.2, 0.25) is 0 Å². The molecular formula is C25H37NO6. The topological polar surface area (TPSA) is 93.1 Å². The maximum atomic E-state index is 13.2. The number of anilines is 1. The quantitative estimate of drug-likeness (QED) is 0.483. The van der Waals surface area contributed by atoms with Crippen LogP contribution in [0.1, 0.15) is 52.5 Å². The van der Waals surface area contributed by atoms with E-state index in [1.807, 2.05) is 58.8 Å². The molecule has 7 nitrogen and oxygen atoms in total. The third-order valence-electron chi connectivity index (χ3n) is 5.69. The zero-order valence-electron chi connectivity index (χ0n) is 20.3. The summed E-state index contributed by atoms with van der Waals surface area (Å²) in [6, 6.07) is 7.30. The Morgan fingerprint density at radius 3 is 2.00 bits per heavy atom. The molecule has 0 aromatic heterocycles. The van der Waals surface area contributed by atoms with Crippen LogP contribution in [0.5, 0.6) is 0 Å². The van der Waals surface area contributed by atoms with E-state index in [4.69, 9.17) is 9.47 Å². The summed E-state index contributed by atoms with van der Waals surface area (Å²) in [6.45, 7) is 9.47. The van der Waals surface area contributed by atoms with Gasteiger partial charge in [-0.05, 0) is 36.5 Å². The van der Waals surface area contributed by atoms with E-state index in [0.29, 0.717) is 5.56 Å². The van der Waals surface area contributed by atoms with Crippen molar-refractivity contribution in [3.63, 3.8) is 0 Å². The van der Waals surface area contributed by atoms with Gasteiger partial charge in [-0.3, -0.25) is 14.4 Å². The van der Waals surface area contributed by atoms with Gasteiger partial charge in [-0.1, -0.05) is 39.8 Å². The maximum Gasteiger partial charge on any atom is 0.317 e. The molecule has 0 heterocycles. The second kappa shape index (κ2) is 10.5. The van der Waals surface area contributed by atoms with E-state index < -0.39 is 41.1 Å². The Labute approximate surface area is 191 Å². The van der Waals surface area contributed by atoms with Crippen LogP contribution in [0.15, 0.2) is 24.3 Å². The fourth-order valence-corrected chi connectivity index (χ4v) is 4.09. The van der Waals surface area contributed by atoms with E-state index in [9.17, 15) is 19.5 Å². The van der Waals surface area contributed by atoms with Crippen LogP contribution in [0.4, 0.5) is 5.69 Å². The number of carbonyl (C=O) groups is 3. The van der Waals surface area contributed by atoms with Crippen molar-refractivity contribution >= 4 is 23.4 Å². The molecule has 178 valence electrons. The molecule has 1 aromatic carbocycles. The molecule has 0 unspecified atom stereocenters. The fourth-order valence-electron chi connectivity index (χ4n) is 4.09. The largest absolute Gasteiger partial charge is 0.465 e. The van der Waals surface area contributed by atoms with Gasteiger partial charge in [0, 0.05) is 32.1 Å². The molecule has 0 amide bonds. The highest BCUT2D eigenvalue weighted by Gasteiger charge is 2.57. The summed E-state index contributed by atoms with van der Waals surface area (Å²) < 4.78 is 10.9. The van der Waals surface area contributed by atoms with Crippen LogP contribution in [0, 0.1) is 23.7 Å². The fraction of sp³-hybridized carbons (Fsp3) is 0.640. The van der Waals surface area contributed by atoms with Gasteiger partial charge in [-0.25, -0.2) is 0 Å². The lowest BCUT2D eigenvalue weighted by Crippen LogP contribution is -2.55. The minimum Gasteiger partial charge on any atom is -0.465 e. The molecule has 0 bridgehead atoms. The van der Waals surface area contributed by atoms with Crippen molar-refractivity contribution in [2.24, 2.45) is 23.7 Å². The molecular weight excluding hydrogens is 410 g/mol. The van der Waals surface area contributed by atoms with Gasteiger partial charge in [-0.15, -0.1) is 0 Å². The average Bonchev–Trinajstić information content (AvgIpc) is 2.69. The lowest BCUT2D eigenvalue weighted by molar-refractivity contribution is -0.173. The number of Topliss-reactive ketones (excluding diaryl/α,β-unsaturated/α-hetero) is 1. The lowest BCUT2D eigenvalue weighted by Gasteiger charge is -2.43. The van der Waals surface area contributed by atoms with Crippen molar-refractivity contribution in [1.82, 2.24) is 0 Å². The number of hydrogen-bond acceptors (Lipinski definition) is 7. The first-order valence-corrected chi connectivity index (χ1v) is 11.2. The molecule has 32 heavy (non-hydrogen) atoms. The standard InChI is InChI=1S/C25H37NO6/c1-15(2)13-31-23(28)21-19(27)12-25(5,30)22(24(29)32-14-16(3)4)20(21)17-8-10-18(11-9-17)26(6)7/h8-11,15-16,20-22,30H,12-14H2,1-7H3/t20-,21+,22-,25+/m1/s1. The maximum absolute atomic E-state index is 13.2. The van der Waals surface area contributed by atoms with Gasteiger partial charge in [-0.2, -0.15) is 0 Å². The van der Waals surface area contributed by atoms with Crippen LogP contribution in [-0.4, -0.2) is 55.7 Å². The van der Waals surface area contributed by atoms with Crippen molar-refractivity contribution < 1.29 is 29.0 Å². The van der Waals surface area contributed by atoms with E-state index in [1.54, 1.807) is 12.1 Å². The second-order valence-electron chi connectivity index (χ2n) is 10.0. The number of ketones is 1. The minimum absolute atomic E-state index is 0.102. The first-order chi connectivity index (χ1) is 14.8. The molecule has 1 saturated carbocycles. The van der Waals surface area contributed by atoms with Crippen LogP contribution in [0.25, 0.3) is 0 Å². The number of nitrogens with zero attached hydrogens (tertiary/aromatic N) is 1. The van der Waals surface area contributed by atoms with Gasteiger partial charge in [0.15, 0.2) is 5.78 Å². The normalized spacial score (nSPS) is 25.7. The van der Waals surface area contributed by atoms with Crippen molar-refractivity contribution in [2.75, 3.05) is 32.2 Å². The summed E-state index contributed by atoms with van der Waals surface area (Å²) in [5.74, 6) is -4.65. The van der Waals surface area contributed by atoms with Crippen LogP contribution >= 0.6 is 0 Å². The first-order valence-electron chi connectivity index (χ1n) is 11.2. The highest BCUT2D eigenvalue weighted by atomic mass is 16.5. The average molecular weight is 448 g/mol. The molecule has 0 saturated heterocycles. The van der Waals surface area contributed by atoms with Gasteiger partial charge in [0.25, 0.3) is 0 Å². The van der Waals surface area contributed by atoms with Gasteiger partial charge < -0.3 is 19.5 Å². The Balaban J connectivity index is 2.54. The van der Waals surface area contributed by atoms with E-state index in [1.165, 1.54) is 6.92 Å². The SMILES string of the molecule is CC(C)COC(=O)[C@H]1C(=O)C[C@](C)(O)[C@@H](C(=O)OCC(C)C)[C@@H]1c1ccc(N(C)C)cc1. The van der Waals surface area contributed by atoms with Crippen LogP contribution in [-0.2, 0) is 23.9 Å². The number of rotatable bonds is 8. The summed E-state index contributed by atoms with van der Waals surface area (Å²) in [5.41, 5.74) is -0.104. The third-order valence-corrected chi connectivity index (χ3v) is 5.69. The molecule has 7 heteroatoms. The summed E-state index contributed by atoms with van der Waals surface area (Å²) in [7, 11) is 3.81. The predicted octanol–water partition coefficient (Wildman–Crippen LogP) is 3.19. The molecule has 1 aliphatic rings. The van der Waals surface area contributed by atoms with Gasteiger partial charge in [0.05, 0.1) is 24.7 Å². The second-order valence-corrected chi connectivity index (χ2v) is 10.0. The molecule has 4 atom stereocenters. The Kier molecular flexibility index (Phi) is 8.46. The number of esters is 2. The molecule has 2 rings (SSSR count). The Morgan fingerprint density at radius 1 is 1.03 bits per heavy atom. The number of benzene rings is 1. The van der Waals surface area contributed by atoms with Crippen molar-refractivity contribution in [2.45, 2.75) is 52.6 Å². The van der Waals surface area contributed by atoms with Crippen LogP contribution in [0.2, 0.25) is 0 Å². The molecule has 1 N–H and O–H groups in total. The summed E-state index contributed by atoms with van der Waals surface area (Å²) in [4.78, 5) is 41.2. The Morgan fingerprint density at radius 2 is 1.53 bits per heavy atom. The van der Waals surface area contributed by atoms with Gasteiger partial charge >= 0.3 is 11.9 Å². The van der Waals surface area contributed by atoms with Crippen molar-refractivity contribution in [3.8, 4) is 0 Å². The molecule has 1 aromatic rings. The number of aliphatic hydroxyl groups is 1. The van der Waals surface area contributed by atoms with E-state index in [-0.39, 0.29) is 31.5 Å². The summed E-state index contributed by atoms with van der Waals surface area (Å²) >= 11 is 0. The minimum atomic E-state index is -1.65. The van der Waals surface area contributed by atoms with E-state index >= 15 is 0 Å². The van der Waals surface area contributed by atoms with E-state index in [0.717, 1.165) is 5.69 Å². The molecule has 0 spiro atoms. The Bertz CT molecular complexity index is 812. The van der Waals surface area contributed by atoms with Crippen molar-refractivity contribution in [3.05, 3.63) is 29.8 Å². The van der Waals surface area contributed by atoms with Gasteiger partial charge in [0.1, 0.15) is 5.92 Å². The zero-order chi connectivity index (χ0) is 24.2. The van der Waals surface area contributed by atoms with Crippen molar-refractivity contribution in [1.29, 1.82) is 0 Å². The molecule has 1 fully saturated rings.